The molecule has 0 aliphatic carbocycles. The fourth-order valence-electron chi connectivity index (χ4n) is 1.84. The molecule has 0 amide bonds. The molecule has 0 saturated carbocycles. The van der Waals surface area contributed by atoms with Crippen molar-refractivity contribution >= 4 is 11.7 Å². The fourth-order valence-corrected chi connectivity index (χ4v) is 1.84. The number of benzene rings is 1. The molecule has 1 aromatic heterocycles. The summed E-state index contributed by atoms with van der Waals surface area (Å²) < 4.78 is 7.17. The van der Waals surface area contributed by atoms with Crippen molar-refractivity contribution in [3.63, 3.8) is 0 Å². The molecule has 5 heteroatoms. The third-order valence-corrected chi connectivity index (χ3v) is 2.82. The Balaban J connectivity index is 2.17. The number of methoxy groups -OCH3 is 1. The normalized spacial score (nSPS) is 10.2. The summed E-state index contributed by atoms with van der Waals surface area (Å²) in [6.07, 6.45) is 3.96. The Morgan fingerprint density at radius 3 is 2.79 bits per heavy atom. The van der Waals surface area contributed by atoms with E-state index in [0.29, 0.717) is 18.0 Å². The van der Waals surface area contributed by atoms with E-state index in [4.69, 9.17) is 9.84 Å². The first kappa shape index (κ1) is 13.0. The van der Waals surface area contributed by atoms with E-state index in [1.54, 1.807) is 19.2 Å². The average molecular weight is 260 g/mol. The quantitative estimate of drug-likeness (QED) is 0.866. The van der Waals surface area contributed by atoms with Gasteiger partial charge in [0, 0.05) is 26.0 Å². The van der Waals surface area contributed by atoms with Crippen LogP contribution in [0.15, 0.2) is 36.7 Å². The Morgan fingerprint density at radius 1 is 1.42 bits per heavy atom. The molecule has 19 heavy (non-hydrogen) atoms. The van der Waals surface area contributed by atoms with Crippen molar-refractivity contribution in [1.82, 2.24) is 4.57 Å². The Kier molecular flexibility index (Phi) is 3.75. The number of aromatic nitrogens is 1. The second kappa shape index (κ2) is 5.48. The number of ether oxygens (including phenoxy) is 1. The maximum absolute atomic E-state index is 11.0. The van der Waals surface area contributed by atoms with E-state index in [0.717, 1.165) is 5.56 Å². The molecule has 0 radical (unpaired) electrons. The number of carbonyl (C=O) groups is 1. The summed E-state index contributed by atoms with van der Waals surface area (Å²) in [6, 6.07) is 6.75. The van der Waals surface area contributed by atoms with Crippen LogP contribution in [0.5, 0.6) is 5.75 Å². The summed E-state index contributed by atoms with van der Waals surface area (Å²) in [4.78, 5) is 11.0. The summed E-state index contributed by atoms with van der Waals surface area (Å²) in [5, 5.41) is 12.2. The minimum atomic E-state index is -0.953. The van der Waals surface area contributed by atoms with Gasteiger partial charge in [0.1, 0.15) is 5.75 Å². The third kappa shape index (κ3) is 3.07. The van der Waals surface area contributed by atoms with Crippen LogP contribution in [0.2, 0.25) is 0 Å². The average Bonchev–Trinajstić information content (AvgIpc) is 2.81. The number of nitrogens with zero attached hydrogens (tertiary/aromatic N) is 1. The van der Waals surface area contributed by atoms with Crippen LogP contribution in [0.1, 0.15) is 15.9 Å². The zero-order valence-electron chi connectivity index (χ0n) is 10.9. The molecule has 0 spiro atoms. The second-order valence-corrected chi connectivity index (χ2v) is 4.26. The molecule has 5 nitrogen and oxygen atoms in total. The second-order valence-electron chi connectivity index (χ2n) is 4.26. The number of carboxylic acid groups (broad SMARTS) is 1. The SMILES string of the molecule is COc1ccc(C(=O)O)cc1NCc1ccn(C)c1. The molecular weight excluding hydrogens is 244 g/mol. The van der Waals surface area contributed by atoms with E-state index >= 15 is 0 Å². The van der Waals surface area contributed by atoms with Crippen molar-refractivity contribution in [2.24, 2.45) is 7.05 Å². The minimum Gasteiger partial charge on any atom is -0.495 e. The van der Waals surface area contributed by atoms with Crippen LogP contribution in [0, 0.1) is 0 Å². The lowest BCUT2D eigenvalue weighted by atomic mass is 10.2. The molecule has 0 atom stereocenters. The molecule has 0 unspecified atom stereocenters. The number of hydrogen-bond acceptors (Lipinski definition) is 3. The number of aryl methyl sites for hydroxylation is 1. The van der Waals surface area contributed by atoms with Crippen LogP contribution in [0.4, 0.5) is 5.69 Å². The molecule has 0 saturated heterocycles. The lowest BCUT2D eigenvalue weighted by Gasteiger charge is -2.11. The van der Waals surface area contributed by atoms with Gasteiger partial charge in [0.05, 0.1) is 18.4 Å². The number of carboxylic acids is 1. The van der Waals surface area contributed by atoms with Crippen LogP contribution in [0.3, 0.4) is 0 Å². The summed E-state index contributed by atoms with van der Waals surface area (Å²) in [5.74, 6) is -0.327. The van der Waals surface area contributed by atoms with Crippen LogP contribution >= 0.6 is 0 Å². The number of anilines is 1. The van der Waals surface area contributed by atoms with E-state index < -0.39 is 5.97 Å². The zero-order valence-corrected chi connectivity index (χ0v) is 10.9. The van der Waals surface area contributed by atoms with Crippen molar-refractivity contribution in [2.45, 2.75) is 6.54 Å². The van der Waals surface area contributed by atoms with Crippen LogP contribution < -0.4 is 10.1 Å². The number of rotatable bonds is 5. The molecule has 1 aromatic carbocycles. The Labute approximate surface area is 111 Å². The van der Waals surface area contributed by atoms with Gasteiger partial charge in [-0.1, -0.05) is 0 Å². The van der Waals surface area contributed by atoms with E-state index in [1.165, 1.54) is 6.07 Å². The van der Waals surface area contributed by atoms with E-state index in [-0.39, 0.29) is 5.56 Å². The highest BCUT2D eigenvalue weighted by molar-refractivity contribution is 5.89. The highest BCUT2D eigenvalue weighted by atomic mass is 16.5. The third-order valence-electron chi connectivity index (χ3n) is 2.82. The molecule has 0 bridgehead atoms. The van der Waals surface area contributed by atoms with Gasteiger partial charge in [-0.3, -0.25) is 0 Å². The predicted octanol–water partition coefficient (Wildman–Crippen LogP) is 2.34. The number of hydrogen-bond donors (Lipinski definition) is 2. The maximum Gasteiger partial charge on any atom is 0.335 e. The van der Waals surface area contributed by atoms with Crippen LogP contribution in [-0.2, 0) is 13.6 Å². The summed E-state index contributed by atoms with van der Waals surface area (Å²) in [5.41, 5.74) is 2.02. The first-order valence-electron chi connectivity index (χ1n) is 5.86. The largest absolute Gasteiger partial charge is 0.495 e. The van der Waals surface area contributed by atoms with Crippen molar-refractivity contribution in [1.29, 1.82) is 0 Å². The number of nitrogens with one attached hydrogen (secondary N) is 1. The molecule has 100 valence electrons. The van der Waals surface area contributed by atoms with Crippen molar-refractivity contribution in [2.75, 3.05) is 12.4 Å². The molecule has 1 heterocycles. The summed E-state index contributed by atoms with van der Waals surface area (Å²) >= 11 is 0. The number of aromatic carboxylic acids is 1. The Hall–Kier alpha value is -2.43. The van der Waals surface area contributed by atoms with Gasteiger partial charge in [-0.05, 0) is 29.8 Å². The molecule has 0 aliphatic rings. The Bertz CT molecular complexity index is 590. The maximum atomic E-state index is 11.0. The van der Waals surface area contributed by atoms with Crippen LogP contribution in [0.25, 0.3) is 0 Å². The van der Waals surface area contributed by atoms with Gasteiger partial charge in [-0.2, -0.15) is 0 Å². The van der Waals surface area contributed by atoms with Gasteiger partial charge in [-0.15, -0.1) is 0 Å². The fraction of sp³-hybridized carbons (Fsp3) is 0.214. The van der Waals surface area contributed by atoms with E-state index in [9.17, 15) is 4.79 Å². The van der Waals surface area contributed by atoms with Gasteiger partial charge in [0.15, 0.2) is 0 Å². The van der Waals surface area contributed by atoms with Gasteiger partial charge >= 0.3 is 5.97 Å². The summed E-state index contributed by atoms with van der Waals surface area (Å²) in [7, 11) is 3.51. The summed E-state index contributed by atoms with van der Waals surface area (Å²) in [6.45, 7) is 0.611. The van der Waals surface area contributed by atoms with E-state index in [2.05, 4.69) is 5.32 Å². The molecule has 0 aliphatic heterocycles. The van der Waals surface area contributed by atoms with Crippen molar-refractivity contribution in [3.8, 4) is 5.75 Å². The predicted molar refractivity (Wildman–Crippen MR) is 72.7 cm³/mol. The van der Waals surface area contributed by atoms with Crippen molar-refractivity contribution in [3.05, 3.63) is 47.8 Å². The van der Waals surface area contributed by atoms with Gasteiger partial charge in [0.25, 0.3) is 0 Å². The minimum absolute atomic E-state index is 0.233. The first-order chi connectivity index (χ1) is 9.10. The lowest BCUT2D eigenvalue weighted by Crippen LogP contribution is -2.03. The molecule has 2 rings (SSSR count). The topological polar surface area (TPSA) is 63.5 Å². The first-order valence-corrected chi connectivity index (χ1v) is 5.86. The van der Waals surface area contributed by atoms with Gasteiger partial charge < -0.3 is 19.7 Å². The monoisotopic (exact) mass is 260 g/mol. The highest BCUT2D eigenvalue weighted by Crippen LogP contribution is 2.26. The van der Waals surface area contributed by atoms with Gasteiger partial charge in [-0.25, -0.2) is 4.79 Å². The molecule has 2 aromatic rings. The van der Waals surface area contributed by atoms with E-state index in [1.807, 2.05) is 30.1 Å². The highest BCUT2D eigenvalue weighted by Gasteiger charge is 2.08. The van der Waals surface area contributed by atoms with Crippen LogP contribution in [-0.4, -0.2) is 22.8 Å². The zero-order chi connectivity index (χ0) is 13.8. The smallest absolute Gasteiger partial charge is 0.335 e. The van der Waals surface area contributed by atoms with Gasteiger partial charge in [0.2, 0.25) is 0 Å². The van der Waals surface area contributed by atoms with Crippen molar-refractivity contribution < 1.29 is 14.6 Å². The molecular formula is C14H16N2O3. The standard InChI is InChI=1S/C14H16N2O3/c1-16-6-5-10(9-16)8-15-12-7-11(14(17)18)3-4-13(12)19-2/h3-7,9,15H,8H2,1-2H3,(H,17,18). The Morgan fingerprint density at radius 2 is 2.21 bits per heavy atom. The molecule has 2 N–H and O–H groups in total. The molecule has 0 fully saturated rings. The lowest BCUT2D eigenvalue weighted by molar-refractivity contribution is 0.0697.